The molecule has 5 heteroatoms. The molecule has 0 fully saturated rings. The second-order valence-electron chi connectivity index (χ2n) is 19.3. The van der Waals surface area contributed by atoms with E-state index in [4.69, 9.17) is 0 Å². The van der Waals surface area contributed by atoms with Crippen LogP contribution >= 0.6 is 11.3 Å². The quantitative estimate of drug-likeness (QED) is 0.159. The fourth-order valence-corrected chi connectivity index (χ4v) is 12.1. The summed E-state index contributed by atoms with van der Waals surface area (Å²) in [5.41, 5.74) is 17.9. The lowest BCUT2D eigenvalue weighted by atomic mass is 9.33. The summed E-state index contributed by atoms with van der Waals surface area (Å²) in [5.74, 6) is 0. The van der Waals surface area contributed by atoms with E-state index in [1.807, 2.05) is 11.3 Å². The molecule has 61 heavy (non-hydrogen) atoms. The molecule has 2 aliphatic heterocycles. The highest BCUT2D eigenvalue weighted by Gasteiger charge is 2.43. The highest BCUT2D eigenvalue weighted by molar-refractivity contribution is 7.26. The van der Waals surface area contributed by atoms with Crippen molar-refractivity contribution in [1.29, 1.82) is 0 Å². The molecule has 0 aliphatic carbocycles. The Kier molecular flexibility index (Phi) is 6.96. The minimum absolute atomic E-state index is 0.0161. The lowest BCUT2D eigenvalue weighted by molar-refractivity contribution is 0.590. The largest absolute Gasteiger partial charge is 0.310 e. The number of hydrogen-bond acceptors (Lipinski definition) is 2. The van der Waals surface area contributed by atoms with Gasteiger partial charge in [0.2, 0.25) is 0 Å². The molecule has 0 N–H and O–H groups in total. The molecule has 0 spiro atoms. The highest BCUT2D eigenvalue weighted by atomic mass is 32.1. The molecular weight excluding hydrogens is 758 g/mol. The van der Waals surface area contributed by atoms with Crippen LogP contribution in [0.4, 0.5) is 17.1 Å². The first-order chi connectivity index (χ1) is 29.6. The van der Waals surface area contributed by atoms with Crippen molar-refractivity contribution in [3.8, 4) is 11.4 Å². The third-order valence-corrected chi connectivity index (χ3v) is 14.9. The number of hydrogen-bond donors (Lipinski definition) is 0. The van der Waals surface area contributed by atoms with Gasteiger partial charge in [-0.05, 0) is 111 Å². The van der Waals surface area contributed by atoms with Crippen LogP contribution in [-0.2, 0) is 10.8 Å². The average molecular weight is 802 g/mol. The Morgan fingerprint density at radius 2 is 1.07 bits per heavy atom. The first-order valence-electron chi connectivity index (χ1n) is 21.6. The van der Waals surface area contributed by atoms with Gasteiger partial charge in [-0.2, -0.15) is 0 Å². The van der Waals surface area contributed by atoms with E-state index in [2.05, 4.69) is 213 Å². The van der Waals surface area contributed by atoms with E-state index in [9.17, 15) is 0 Å². The van der Waals surface area contributed by atoms with Crippen molar-refractivity contribution in [3.63, 3.8) is 0 Å². The second-order valence-corrected chi connectivity index (χ2v) is 20.4. The van der Waals surface area contributed by atoms with Crippen LogP contribution in [0.3, 0.4) is 0 Å². The monoisotopic (exact) mass is 801 g/mol. The predicted octanol–water partition coefficient (Wildman–Crippen LogP) is 13.5. The van der Waals surface area contributed by atoms with Crippen LogP contribution in [0, 0.1) is 0 Å². The van der Waals surface area contributed by atoms with Crippen molar-refractivity contribution in [3.05, 3.63) is 169 Å². The SMILES string of the molecule is CC(C)(C)c1ccc2c(c1)c1cc(C(C)(C)C)ccc1n2-c1ccc2c3c1N(c1ccccc1)c1ccccc1B3c1cccc3c4c5c(ccc4n-2c13)sc1ccccc15. The molecule has 2 aliphatic rings. The van der Waals surface area contributed by atoms with Gasteiger partial charge in [0, 0.05) is 64.3 Å². The number of para-hydroxylation sites is 3. The Labute approximate surface area is 360 Å². The van der Waals surface area contributed by atoms with E-state index in [1.54, 1.807) is 0 Å². The zero-order valence-electron chi connectivity index (χ0n) is 35.3. The molecule has 5 heterocycles. The van der Waals surface area contributed by atoms with Gasteiger partial charge in [0.05, 0.1) is 27.9 Å². The van der Waals surface area contributed by atoms with Crippen LogP contribution in [0.5, 0.6) is 0 Å². The summed E-state index contributed by atoms with van der Waals surface area (Å²) in [7, 11) is 0. The van der Waals surface area contributed by atoms with Gasteiger partial charge in [0.15, 0.2) is 0 Å². The fourth-order valence-electron chi connectivity index (χ4n) is 11.0. The summed E-state index contributed by atoms with van der Waals surface area (Å²) in [4.78, 5) is 2.56. The smallest absolute Gasteiger partial charge is 0.252 e. The molecule has 0 radical (unpaired) electrons. The Hall–Kier alpha value is -6.56. The van der Waals surface area contributed by atoms with Crippen molar-refractivity contribution in [1.82, 2.24) is 9.13 Å². The molecule has 0 saturated heterocycles. The van der Waals surface area contributed by atoms with Gasteiger partial charge < -0.3 is 14.0 Å². The van der Waals surface area contributed by atoms with E-state index in [0.717, 1.165) is 5.69 Å². The summed E-state index contributed by atoms with van der Waals surface area (Å²) in [6.07, 6.45) is 0. The zero-order valence-corrected chi connectivity index (χ0v) is 36.2. The van der Waals surface area contributed by atoms with E-state index >= 15 is 0 Å². The molecule has 0 unspecified atom stereocenters. The van der Waals surface area contributed by atoms with Crippen molar-refractivity contribution >= 4 is 115 Å². The fraction of sp³-hybridized carbons (Fsp3) is 0.143. The van der Waals surface area contributed by atoms with Crippen LogP contribution in [-0.4, -0.2) is 15.8 Å². The van der Waals surface area contributed by atoms with Crippen LogP contribution in [0.1, 0.15) is 52.7 Å². The molecule has 13 rings (SSSR count). The maximum atomic E-state index is 2.61. The Morgan fingerprint density at radius 1 is 0.443 bits per heavy atom. The summed E-state index contributed by atoms with van der Waals surface area (Å²) in [6, 6.07) is 60.2. The van der Waals surface area contributed by atoms with Gasteiger partial charge in [-0.3, -0.25) is 0 Å². The highest BCUT2D eigenvalue weighted by Crippen LogP contribution is 2.48. The van der Waals surface area contributed by atoms with Crippen LogP contribution in [0.15, 0.2) is 158 Å². The number of rotatable bonds is 2. The van der Waals surface area contributed by atoms with Crippen LogP contribution < -0.4 is 21.3 Å². The number of anilines is 3. The van der Waals surface area contributed by atoms with E-state index in [1.165, 1.54) is 114 Å². The Bertz CT molecular complexity index is 3610. The molecule has 0 atom stereocenters. The summed E-state index contributed by atoms with van der Waals surface area (Å²) in [5, 5.41) is 7.98. The van der Waals surface area contributed by atoms with Gasteiger partial charge in [-0.15, -0.1) is 11.3 Å². The van der Waals surface area contributed by atoms with Crippen molar-refractivity contribution in [2.45, 2.75) is 52.4 Å². The maximum Gasteiger partial charge on any atom is 0.252 e. The lowest BCUT2D eigenvalue weighted by Gasteiger charge is -2.41. The molecule has 11 aromatic rings. The summed E-state index contributed by atoms with van der Waals surface area (Å²) < 4.78 is 7.86. The van der Waals surface area contributed by atoms with Crippen LogP contribution in [0.2, 0.25) is 0 Å². The molecule has 3 aromatic heterocycles. The lowest BCUT2D eigenvalue weighted by Crippen LogP contribution is -2.60. The van der Waals surface area contributed by atoms with E-state index in [-0.39, 0.29) is 17.5 Å². The number of nitrogens with zero attached hydrogens (tertiary/aromatic N) is 3. The molecule has 292 valence electrons. The molecular formula is C56H44BN3S. The van der Waals surface area contributed by atoms with Gasteiger partial charge in [-0.25, -0.2) is 0 Å². The predicted molar refractivity (Wildman–Crippen MR) is 265 cm³/mol. The Morgan fingerprint density at radius 3 is 1.80 bits per heavy atom. The number of thiophene rings is 1. The van der Waals surface area contributed by atoms with Crippen molar-refractivity contribution in [2.75, 3.05) is 4.90 Å². The minimum atomic E-state index is 0.0161. The minimum Gasteiger partial charge on any atom is -0.310 e. The van der Waals surface area contributed by atoms with Crippen LogP contribution in [0.25, 0.3) is 75.2 Å². The third kappa shape index (κ3) is 4.70. The van der Waals surface area contributed by atoms with Gasteiger partial charge in [0.25, 0.3) is 6.71 Å². The van der Waals surface area contributed by atoms with Gasteiger partial charge in [-0.1, -0.05) is 126 Å². The molecule has 0 saturated carbocycles. The molecule has 0 amide bonds. The maximum absolute atomic E-state index is 2.61. The first-order valence-corrected chi connectivity index (χ1v) is 22.5. The molecule has 3 nitrogen and oxygen atoms in total. The van der Waals surface area contributed by atoms with Gasteiger partial charge >= 0.3 is 0 Å². The number of aromatic nitrogens is 2. The standard InChI is InChI=1S/C56H44BN3S/c1-55(2,3)33-23-25-42-38(31-33)39-32-34(56(4,5)6)24-26-43(39)59(42)47-28-27-46-52-54(47)58(35-15-8-7-9-16-35)44-21-12-11-19-40(44)57(52)41-20-14-18-37-50-45(60(46)53(37)41)29-30-49-51(50)36-17-10-13-22-48(36)61-49/h7-32H,1-6H3. The van der Waals surface area contributed by atoms with Crippen molar-refractivity contribution in [2.24, 2.45) is 0 Å². The molecule has 8 aromatic carbocycles. The summed E-state index contributed by atoms with van der Waals surface area (Å²) in [6.45, 7) is 14.0. The Balaban J connectivity index is 1.21. The normalized spacial score (nSPS) is 13.7. The molecule has 0 bridgehead atoms. The first kappa shape index (κ1) is 35.2. The third-order valence-electron chi connectivity index (χ3n) is 13.8. The zero-order chi connectivity index (χ0) is 41.1. The van der Waals surface area contributed by atoms with Crippen molar-refractivity contribution < 1.29 is 0 Å². The number of benzene rings is 8. The van der Waals surface area contributed by atoms with E-state index < -0.39 is 0 Å². The summed E-state index contributed by atoms with van der Waals surface area (Å²) >= 11 is 1.90. The average Bonchev–Trinajstić information content (AvgIpc) is 3.92. The van der Waals surface area contributed by atoms with Gasteiger partial charge in [0.1, 0.15) is 0 Å². The number of fused-ring (bicyclic) bond motifs is 14. The second kappa shape index (κ2) is 12.1. The topological polar surface area (TPSA) is 13.1 Å². The van der Waals surface area contributed by atoms with E-state index in [0.29, 0.717) is 0 Å².